The third-order valence-corrected chi connectivity index (χ3v) is 7.95. The van der Waals surface area contributed by atoms with Gasteiger partial charge in [0, 0.05) is 42.4 Å². The SMILES string of the molecule is CCN(CC)S(=O)(=O)c1ccc2c(c1)CCN2C(=O)Cc1c[nH]c2ccc(OC)cc12. The van der Waals surface area contributed by atoms with Crippen LogP contribution in [0.4, 0.5) is 5.69 Å². The standard InChI is InChI=1S/C23H27N3O4S/c1-4-25(5-2)31(28,29)19-7-9-22-16(12-19)10-11-26(22)23(27)13-17-15-24-21-8-6-18(30-3)14-20(17)21/h6-9,12,14-15,24H,4-5,10-11,13H2,1-3H3. The van der Waals surface area contributed by atoms with Crippen LogP contribution in [0.1, 0.15) is 25.0 Å². The van der Waals surface area contributed by atoms with Crippen molar-refractivity contribution in [1.29, 1.82) is 0 Å². The Morgan fingerprint density at radius 2 is 1.94 bits per heavy atom. The average molecular weight is 442 g/mol. The predicted molar refractivity (Wildman–Crippen MR) is 121 cm³/mol. The number of fused-ring (bicyclic) bond motifs is 2. The number of aromatic amines is 1. The summed E-state index contributed by atoms with van der Waals surface area (Å²) in [5, 5.41) is 0.966. The molecule has 1 N–H and O–H groups in total. The Labute approximate surface area is 182 Å². The number of H-pyrrole nitrogens is 1. The van der Waals surface area contributed by atoms with Crippen LogP contribution in [0.2, 0.25) is 0 Å². The maximum absolute atomic E-state index is 13.1. The fraction of sp³-hybridized carbons (Fsp3) is 0.348. The summed E-state index contributed by atoms with van der Waals surface area (Å²) in [6.07, 6.45) is 2.76. The Hall–Kier alpha value is -2.84. The van der Waals surface area contributed by atoms with Gasteiger partial charge in [-0.1, -0.05) is 13.8 Å². The zero-order valence-corrected chi connectivity index (χ0v) is 18.8. The number of hydrogen-bond acceptors (Lipinski definition) is 4. The van der Waals surface area contributed by atoms with Gasteiger partial charge in [0.05, 0.1) is 18.4 Å². The second-order valence-electron chi connectivity index (χ2n) is 7.58. The molecule has 7 nitrogen and oxygen atoms in total. The number of sulfonamides is 1. The minimum absolute atomic E-state index is 0.0122. The number of nitrogens with zero attached hydrogens (tertiary/aromatic N) is 2. The van der Waals surface area contributed by atoms with Crippen LogP contribution in [0.15, 0.2) is 47.5 Å². The Morgan fingerprint density at radius 3 is 2.65 bits per heavy atom. The Balaban J connectivity index is 1.58. The van der Waals surface area contributed by atoms with Crippen molar-refractivity contribution in [2.75, 3.05) is 31.6 Å². The summed E-state index contributed by atoms with van der Waals surface area (Å²) in [6, 6.07) is 10.8. The first-order chi connectivity index (χ1) is 14.9. The summed E-state index contributed by atoms with van der Waals surface area (Å²) in [4.78, 5) is 18.4. The van der Waals surface area contributed by atoms with Gasteiger partial charge in [0.15, 0.2) is 0 Å². The van der Waals surface area contributed by atoms with Gasteiger partial charge in [-0.05, 0) is 53.9 Å². The minimum atomic E-state index is -3.52. The van der Waals surface area contributed by atoms with Gasteiger partial charge in [-0.15, -0.1) is 0 Å². The molecule has 0 atom stereocenters. The molecule has 1 amide bonds. The smallest absolute Gasteiger partial charge is 0.243 e. The van der Waals surface area contributed by atoms with E-state index >= 15 is 0 Å². The lowest BCUT2D eigenvalue weighted by molar-refractivity contribution is -0.117. The van der Waals surface area contributed by atoms with E-state index in [1.165, 1.54) is 4.31 Å². The van der Waals surface area contributed by atoms with Crippen molar-refractivity contribution in [3.63, 3.8) is 0 Å². The van der Waals surface area contributed by atoms with E-state index in [-0.39, 0.29) is 17.2 Å². The number of amides is 1. The molecule has 1 aromatic heterocycles. The predicted octanol–water partition coefficient (Wildman–Crippen LogP) is 3.34. The van der Waals surface area contributed by atoms with Crippen molar-refractivity contribution < 1.29 is 17.9 Å². The second-order valence-corrected chi connectivity index (χ2v) is 9.52. The van der Waals surface area contributed by atoms with E-state index < -0.39 is 10.0 Å². The van der Waals surface area contributed by atoms with E-state index in [4.69, 9.17) is 4.74 Å². The van der Waals surface area contributed by atoms with Gasteiger partial charge >= 0.3 is 0 Å². The summed E-state index contributed by atoms with van der Waals surface area (Å²) in [5.41, 5.74) is 3.55. The summed E-state index contributed by atoms with van der Waals surface area (Å²) >= 11 is 0. The van der Waals surface area contributed by atoms with Gasteiger partial charge in [0.2, 0.25) is 15.9 Å². The Kier molecular flexibility index (Phi) is 5.77. The number of nitrogens with one attached hydrogen (secondary N) is 1. The van der Waals surface area contributed by atoms with Crippen molar-refractivity contribution in [1.82, 2.24) is 9.29 Å². The summed E-state index contributed by atoms with van der Waals surface area (Å²) in [5.74, 6) is 0.732. The molecule has 0 unspecified atom stereocenters. The highest BCUT2D eigenvalue weighted by Gasteiger charge is 2.28. The van der Waals surface area contributed by atoms with Gasteiger partial charge in [-0.25, -0.2) is 8.42 Å². The van der Waals surface area contributed by atoms with Crippen LogP contribution in [0, 0.1) is 0 Å². The van der Waals surface area contributed by atoms with Crippen LogP contribution in [-0.4, -0.2) is 50.4 Å². The molecule has 3 aromatic rings. The first kappa shape index (κ1) is 21.4. The number of hydrogen-bond donors (Lipinski definition) is 1. The molecule has 0 fully saturated rings. The number of carbonyl (C=O) groups is 1. The quantitative estimate of drug-likeness (QED) is 0.610. The fourth-order valence-electron chi connectivity index (χ4n) is 4.20. The number of methoxy groups -OCH3 is 1. The van der Waals surface area contributed by atoms with E-state index in [2.05, 4.69) is 4.98 Å². The molecule has 31 heavy (non-hydrogen) atoms. The van der Waals surface area contributed by atoms with Crippen molar-refractivity contribution in [2.45, 2.75) is 31.6 Å². The van der Waals surface area contributed by atoms with Crippen molar-refractivity contribution in [2.24, 2.45) is 0 Å². The Morgan fingerprint density at radius 1 is 1.16 bits per heavy atom. The highest BCUT2D eigenvalue weighted by Crippen LogP contribution is 2.32. The molecular weight excluding hydrogens is 414 g/mol. The zero-order chi connectivity index (χ0) is 22.2. The molecule has 1 aliphatic rings. The molecule has 1 aliphatic heterocycles. The molecule has 0 bridgehead atoms. The van der Waals surface area contributed by atoms with Crippen LogP contribution in [0.3, 0.4) is 0 Å². The number of benzene rings is 2. The van der Waals surface area contributed by atoms with Gasteiger partial charge in [0.1, 0.15) is 5.75 Å². The van der Waals surface area contributed by atoms with E-state index in [0.29, 0.717) is 26.1 Å². The molecule has 2 aromatic carbocycles. The third kappa shape index (κ3) is 3.81. The summed E-state index contributed by atoms with van der Waals surface area (Å²) in [7, 11) is -1.90. The molecule has 0 saturated heterocycles. The molecule has 4 rings (SSSR count). The van der Waals surface area contributed by atoms with Crippen molar-refractivity contribution >= 4 is 32.5 Å². The maximum Gasteiger partial charge on any atom is 0.243 e. The lowest BCUT2D eigenvalue weighted by atomic mass is 10.1. The second kappa shape index (κ2) is 8.36. The lowest BCUT2D eigenvalue weighted by Crippen LogP contribution is -2.31. The van der Waals surface area contributed by atoms with E-state index in [1.807, 2.05) is 38.2 Å². The van der Waals surface area contributed by atoms with E-state index in [9.17, 15) is 13.2 Å². The lowest BCUT2D eigenvalue weighted by Gasteiger charge is -2.20. The molecule has 0 saturated carbocycles. The van der Waals surface area contributed by atoms with Gasteiger partial charge in [-0.2, -0.15) is 4.31 Å². The van der Waals surface area contributed by atoms with Crippen molar-refractivity contribution in [3.05, 3.63) is 53.7 Å². The number of ether oxygens (including phenoxy) is 1. The largest absolute Gasteiger partial charge is 0.497 e. The summed E-state index contributed by atoms with van der Waals surface area (Å²) < 4.78 is 32.4. The van der Waals surface area contributed by atoms with E-state index in [1.54, 1.807) is 30.2 Å². The van der Waals surface area contributed by atoms with Gasteiger partial charge in [-0.3, -0.25) is 4.79 Å². The van der Waals surface area contributed by atoms with E-state index in [0.717, 1.165) is 33.5 Å². The first-order valence-corrected chi connectivity index (χ1v) is 11.9. The summed E-state index contributed by atoms with van der Waals surface area (Å²) in [6.45, 7) is 5.06. The molecular formula is C23H27N3O4S. The van der Waals surface area contributed by atoms with Gasteiger partial charge < -0.3 is 14.6 Å². The number of aromatic nitrogens is 1. The maximum atomic E-state index is 13.1. The Bertz CT molecular complexity index is 1230. The highest BCUT2D eigenvalue weighted by atomic mass is 32.2. The zero-order valence-electron chi connectivity index (χ0n) is 18.0. The highest BCUT2D eigenvalue weighted by molar-refractivity contribution is 7.89. The molecule has 2 heterocycles. The molecule has 0 aliphatic carbocycles. The first-order valence-electron chi connectivity index (χ1n) is 10.5. The fourth-order valence-corrected chi connectivity index (χ4v) is 5.71. The van der Waals surface area contributed by atoms with Crippen LogP contribution in [0.25, 0.3) is 10.9 Å². The van der Waals surface area contributed by atoms with Crippen molar-refractivity contribution in [3.8, 4) is 5.75 Å². The van der Waals surface area contributed by atoms with Crippen LogP contribution in [-0.2, 0) is 27.7 Å². The molecule has 8 heteroatoms. The molecule has 0 spiro atoms. The normalized spacial score (nSPS) is 13.7. The molecule has 164 valence electrons. The van der Waals surface area contributed by atoms with Crippen LogP contribution >= 0.6 is 0 Å². The van der Waals surface area contributed by atoms with Crippen LogP contribution < -0.4 is 9.64 Å². The number of rotatable bonds is 7. The number of carbonyl (C=O) groups excluding carboxylic acids is 1. The van der Waals surface area contributed by atoms with Gasteiger partial charge in [0.25, 0.3) is 0 Å². The van der Waals surface area contributed by atoms with Crippen LogP contribution in [0.5, 0.6) is 5.75 Å². The average Bonchev–Trinajstić information content (AvgIpc) is 3.37. The minimum Gasteiger partial charge on any atom is -0.497 e. The number of anilines is 1. The third-order valence-electron chi connectivity index (χ3n) is 5.91. The monoisotopic (exact) mass is 441 g/mol. The topological polar surface area (TPSA) is 82.7 Å². The molecule has 0 radical (unpaired) electrons.